The highest BCUT2D eigenvalue weighted by atomic mass is 35.5. The quantitative estimate of drug-likeness (QED) is 0.625. The Morgan fingerprint density at radius 2 is 1.91 bits per heavy atom. The van der Waals surface area contributed by atoms with Gasteiger partial charge < -0.3 is 16.0 Å². The Morgan fingerprint density at radius 1 is 1.22 bits per heavy atom. The first-order valence-corrected chi connectivity index (χ1v) is 7.58. The van der Waals surface area contributed by atoms with Gasteiger partial charge >= 0.3 is 0 Å². The maximum absolute atomic E-state index is 13.4. The number of hydrogen-bond donors (Lipinski definition) is 3. The molecule has 1 aliphatic rings. The predicted molar refractivity (Wildman–Crippen MR) is 89.3 cm³/mol. The minimum absolute atomic E-state index is 0. The van der Waals surface area contributed by atoms with E-state index in [4.69, 9.17) is 0 Å². The van der Waals surface area contributed by atoms with Crippen molar-refractivity contribution in [3.8, 4) is 0 Å². The number of hydrogen-bond acceptors (Lipinski definition) is 3. The summed E-state index contributed by atoms with van der Waals surface area (Å²) in [5.74, 6) is -0.0963. The monoisotopic (exact) mass is 343 g/mol. The summed E-state index contributed by atoms with van der Waals surface area (Å²) >= 11 is 0. The second kappa shape index (κ2) is 9.47. The van der Waals surface area contributed by atoms with Gasteiger partial charge in [0.05, 0.1) is 6.54 Å². The highest BCUT2D eigenvalue weighted by Gasteiger charge is 2.20. The van der Waals surface area contributed by atoms with Crippen LogP contribution in [0.4, 0.5) is 4.39 Å². The van der Waals surface area contributed by atoms with Gasteiger partial charge in [0.1, 0.15) is 5.82 Å². The molecule has 0 bridgehead atoms. The fourth-order valence-electron chi connectivity index (χ4n) is 1.99. The predicted octanol–water partition coefficient (Wildman–Crippen LogP) is 1.40. The normalized spacial score (nSPS) is 13.1. The van der Waals surface area contributed by atoms with Crippen LogP contribution in [0.5, 0.6) is 0 Å². The van der Waals surface area contributed by atoms with Crippen molar-refractivity contribution < 1.29 is 14.0 Å². The minimum Gasteiger partial charge on any atom is -0.353 e. The summed E-state index contributed by atoms with van der Waals surface area (Å²) in [5, 5.41) is 8.45. The Bertz CT molecular complexity index is 550. The van der Waals surface area contributed by atoms with Crippen LogP contribution in [0.15, 0.2) is 18.2 Å². The van der Waals surface area contributed by atoms with Crippen LogP contribution in [-0.4, -0.2) is 38.0 Å². The van der Waals surface area contributed by atoms with Crippen LogP contribution in [-0.2, 0) is 4.79 Å². The Kier molecular flexibility index (Phi) is 7.98. The molecule has 128 valence electrons. The van der Waals surface area contributed by atoms with Crippen LogP contribution in [0.25, 0.3) is 0 Å². The van der Waals surface area contributed by atoms with Crippen LogP contribution >= 0.6 is 12.4 Å². The first-order valence-electron chi connectivity index (χ1n) is 7.58. The van der Waals surface area contributed by atoms with Crippen molar-refractivity contribution in [3.63, 3.8) is 0 Å². The molecule has 2 rings (SSSR count). The molecule has 1 saturated carbocycles. The lowest BCUT2D eigenvalue weighted by molar-refractivity contribution is -0.120. The molecule has 1 aliphatic carbocycles. The van der Waals surface area contributed by atoms with Crippen LogP contribution in [0.3, 0.4) is 0 Å². The van der Waals surface area contributed by atoms with Crippen molar-refractivity contribution in [1.82, 2.24) is 16.0 Å². The minimum atomic E-state index is -0.400. The average Bonchev–Trinajstić information content (AvgIpc) is 3.30. The third kappa shape index (κ3) is 6.97. The molecule has 0 atom stereocenters. The van der Waals surface area contributed by atoms with E-state index < -0.39 is 5.82 Å². The smallest absolute Gasteiger partial charge is 0.251 e. The van der Waals surface area contributed by atoms with Crippen LogP contribution < -0.4 is 16.0 Å². The topological polar surface area (TPSA) is 70.2 Å². The van der Waals surface area contributed by atoms with E-state index in [0.29, 0.717) is 25.2 Å². The van der Waals surface area contributed by atoms with Gasteiger partial charge in [-0.1, -0.05) is 6.07 Å². The molecule has 1 aromatic rings. The molecule has 23 heavy (non-hydrogen) atoms. The van der Waals surface area contributed by atoms with E-state index in [2.05, 4.69) is 16.0 Å². The lowest BCUT2D eigenvalue weighted by Gasteiger charge is -2.08. The molecular formula is C16H23ClFN3O2. The summed E-state index contributed by atoms with van der Waals surface area (Å²) in [6.07, 6.45) is 2.50. The fourth-order valence-corrected chi connectivity index (χ4v) is 1.99. The van der Waals surface area contributed by atoms with Crippen molar-refractivity contribution in [3.05, 3.63) is 35.1 Å². The number of rotatable bonds is 8. The molecule has 0 aliphatic heterocycles. The third-order valence-corrected chi connectivity index (χ3v) is 3.58. The average molecular weight is 344 g/mol. The van der Waals surface area contributed by atoms with Gasteiger partial charge in [0.25, 0.3) is 5.91 Å². The van der Waals surface area contributed by atoms with E-state index in [-0.39, 0.29) is 29.8 Å². The maximum Gasteiger partial charge on any atom is 0.251 e. The van der Waals surface area contributed by atoms with Crippen molar-refractivity contribution in [1.29, 1.82) is 0 Å². The number of benzene rings is 1. The number of carbonyl (C=O) groups excluding carboxylic acids is 2. The third-order valence-electron chi connectivity index (χ3n) is 3.58. The highest BCUT2D eigenvalue weighted by molar-refractivity contribution is 5.94. The largest absolute Gasteiger partial charge is 0.353 e. The van der Waals surface area contributed by atoms with E-state index in [0.717, 1.165) is 12.5 Å². The van der Waals surface area contributed by atoms with Crippen molar-refractivity contribution in [2.75, 3.05) is 26.2 Å². The van der Waals surface area contributed by atoms with Gasteiger partial charge in [-0.25, -0.2) is 4.39 Å². The molecule has 2 amide bonds. The summed E-state index contributed by atoms with van der Waals surface area (Å²) in [6, 6.07) is 4.36. The Morgan fingerprint density at radius 3 is 2.57 bits per heavy atom. The summed E-state index contributed by atoms with van der Waals surface area (Å²) in [7, 11) is 0. The number of nitrogens with one attached hydrogen (secondary N) is 3. The zero-order chi connectivity index (χ0) is 15.9. The van der Waals surface area contributed by atoms with E-state index >= 15 is 0 Å². The number of carbonyl (C=O) groups is 2. The Labute approximate surface area is 141 Å². The number of halogens is 2. The van der Waals surface area contributed by atoms with Gasteiger partial charge in [-0.2, -0.15) is 0 Å². The van der Waals surface area contributed by atoms with Gasteiger partial charge in [0.15, 0.2) is 0 Å². The molecule has 0 spiro atoms. The lowest BCUT2D eigenvalue weighted by atomic mass is 10.1. The maximum atomic E-state index is 13.4. The van der Waals surface area contributed by atoms with E-state index in [9.17, 15) is 14.0 Å². The van der Waals surface area contributed by atoms with Crippen LogP contribution in [0.1, 0.15) is 28.8 Å². The molecule has 0 unspecified atom stereocenters. The molecule has 0 heterocycles. The summed E-state index contributed by atoms with van der Waals surface area (Å²) in [4.78, 5) is 23.3. The SMILES string of the molecule is Cc1ccc(C(=O)NCCNC(=O)CNCC2CC2)cc1F.Cl. The van der Waals surface area contributed by atoms with Crippen molar-refractivity contribution >= 4 is 24.2 Å². The van der Waals surface area contributed by atoms with Gasteiger partial charge in [-0.05, 0) is 49.9 Å². The second-order valence-electron chi connectivity index (χ2n) is 5.64. The molecule has 0 aromatic heterocycles. The van der Waals surface area contributed by atoms with Crippen LogP contribution in [0.2, 0.25) is 0 Å². The fraction of sp³-hybridized carbons (Fsp3) is 0.500. The van der Waals surface area contributed by atoms with Gasteiger partial charge in [0.2, 0.25) is 5.91 Å². The highest BCUT2D eigenvalue weighted by Crippen LogP contribution is 2.27. The van der Waals surface area contributed by atoms with Crippen LogP contribution in [0, 0.1) is 18.7 Å². The van der Waals surface area contributed by atoms with Gasteiger partial charge in [-0.3, -0.25) is 9.59 Å². The summed E-state index contributed by atoms with van der Waals surface area (Å²) in [6.45, 7) is 3.49. The van der Waals surface area contributed by atoms with E-state index in [1.807, 2.05) is 0 Å². The number of aryl methyl sites for hydroxylation is 1. The zero-order valence-corrected chi connectivity index (χ0v) is 14.0. The first-order chi connectivity index (χ1) is 10.6. The van der Waals surface area contributed by atoms with E-state index in [1.165, 1.54) is 18.9 Å². The summed E-state index contributed by atoms with van der Waals surface area (Å²) in [5.41, 5.74) is 0.781. The molecule has 1 fully saturated rings. The zero-order valence-electron chi connectivity index (χ0n) is 13.2. The lowest BCUT2D eigenvalue weighted by Crippen LogP contribution is -2.39. The standard InChI is InChI=1S/C16H22FN3O2.ClH/c1-11-2-5-13(8-14(11)17)16(22)20-7-6-19-15(21)10-18-9-12-3-4-12;/h2,5,8,12,18H,3-4,6-7,9-10H2,1H3,(H,19,21)(H,20,22);1H. The first kappa shape index (κ1) is 19.4. The Hall–Kier alpha value is -1.66. The summed E-state index contributed by atoms with van der Waals surface area (Å²) < 4.78 is 13.4. The van der Waals surface area contributed by atoms with Crippen molar-refractivity contribution in [2.45, 2.75) is 19.8 Å². The molecule has 1 aromatic carbocycles. The molecular weight excluding hydrogens is 321 g/mol. The molecule has 3 N–H and O–H groups in total. The van der Waals surface area contributed by atoms with E-state index in [1.54, 1.807) is 19.1 Å². The molecule has 5 nitrogen and oxygen atoms in total. The molecule has 7 heteroatoms. The number of amides is 2. The van der Waals surface area contributed by atoms with Gasteiger partial charge in [-0.15, -0.1) is 12.4 Å². The van der Waals surface area contributed by atoms with Crippen molar-refractivity contribution in [2.24, 2.45) is 5.92 Å². The molecule has 0 radical (unpaired) electrons. The second-order valence-corrected chi connectivity index (χ2v) is 5.64. The molecule has 0 saturated heterocycles. The Balaban J connectivity index is 0.00000264. The van der Waals surface area contributed by atoms with Gasteiger partial charge in [0, 0.05) is 18.7 Å².